The Morgan fingerprint density at radius 2 is 1.91 bits per heavy atom. The van der Waals surface area contributed by atoms with Gasteiger partial charge in [-0.1, -0.05) is 46.3 Å². The van der Waals surface area contributed by atoms with Crippen LogP contribution >= 0.6 is 15.9 Å². The average molecular weight is 360 g/mol. The first-order chi connectivity index (χ1) is 10.5. The van der Waals surface area contributed by atoms with Crippen molar-refractivity contribution in [2.24, 2.45) is 0 Å². The van der Waals surface area contributed by atoms with Crippen molar-refractivity contribution in [3.63, 3.8) is 0 Å². The zero-order chi connectivity index (χ0) is 15.7. The van der Waals surface area contributed by atoms with Gasteiger partial charge in [0.1, 0.15) is 5.78 Å². The van der Waals surface area contributed by atoms with Crippen LogP contribution in [0.4, 0.5) is 5.69 Å². The number of hydrogen-bond donors (Lipinski definition) is 2. The summed E-state index contributed by atoms with van der Waals surface area (Å²) in [5, 5.41) is 13.4. The number of carbonyl (C=O) groups excluding carboxylic acids is 2. The standard InChI is InChI=1S/C17H14BrNO3/c18-12-6-7-15-14(9-12)17(22,16(21)19-15)10-13(20)8-11-4-2-1-3-5-11/h1-7,9,22H,8,10H2,(H,19,21). The van der Waals surface area contributed by atoms with Crippen LogP contribution in [0.1, 0.15) is 17.5 Å². The smallest absolute Gasteiger partial charge is 0.261 e. The van der Waals surface area contributed by atoms with Crippen LogP contribution in [0.15, 0.2) is 53.0 Å². The van der Waals surface area contributed by atoms with Crippen molar-refractivity contribution < 1.29 is 14.7 Å². The number of halogens is 1. The number of benzene rings is 2. The van der Waals surface area contributed by atoms with Gasteiger partial charge in [-0.3, -0.25) is 9.59 Å². The molecule has 1 heterocycles. The lowest BCUT2D eigenvalue weighted by Crippen LogP contribution is -2.36. The molecule has 2 aromatic rings. The Morgan fingerprint density at radius 1 is 1.18 bits per heavy atom. The number of fused-ring (bicyclic) bond motifs is 1. The lowest BCUT2D eigenvalue weighted by Gasteiger charge is -2.20. The third-order valence-electron chi connectivity index (χ3n) is 3.75. The molecule has 1 unspecified atom stereocenters. The van der Waals surface area contributed by atoms with Crippen molar-refractivity contribution in [3.05, 3.63) is 64.1 Å². The number of Topliss-reactive ketones (excluding diaryl/α,β-unsaturated/α-hetero) is 1. The normalized spacial score (nSPS) is 19.6. The van der Waals surface area contributed by atoms with E-state index in [4.69, 9.17) is 0 Å². The molecular weight excluding hydrogens is 346 g/mol. The molecule has 0 saturated carbocycles. The van der Waals surface area contributed by atoms with E-state index in [-0.39, 0.29) is 18.6 Å². The minimum Gasteiger partial charge on any atom is -0.375 e. The Morgan fingerprint density at radius 3 is 2.64 bits per heavy atom. The molecule has 1 amide bonds. The molecular formula is C17H14BrNO3. The van der Waals surface area contributed by atoms with Crippen LogP contribution in [0.5, 0.6) is 0 Å². The van der Waals surface area contributed by atoms with E-state index in [1.807, 2.05) is 30.3 Å². The number of rotatable bonds is 4. The number of ketones is 1. The number of carbonyl (C=O) groups is 2. The Labute approximate surface area is 136 Å². The Hall–Kier alpha value is -1.98. The molecule has 1 atom stereocenters. The van der Waals surface area contributed by atoms with E-state index < -0.39 is 11.5 Å². The van der Waals surface area contributed by atoms with Crippen molar-refractivity contribution >= 4 is 33.3 Å². The van der Waals surface area contributed by atoms with Crippen LogP contribution in [-0.4, -0.2) is 16.8 Å². The predicted molar refractivity (Wildman–Crippen MR) is 86.4 cm³/mol. The van der Waals surface area contributed by atoms with E-state index in [1.54, 1.807) is 18.2 Å². The third-order valence-corrected chi connectivity index (χ3v) is 4.24. The van der Waals surface area contributed by atoms with Gasteiger partial charge in [0.25, 0.3) is 5.91 Å². The highest BCUT2D eigenvalue weighted by atomic mass is 79.9. The lowest BCUT2D eigenvalue weighted by atomic mass is 9.88. The van der Waals surface area contributed by atoms with E-state index in [0.29, 0.717) is 11.3 Å². The fourth-order valence-electron chi connectivity index (χ4n) is 2.66. The average Bonchev–Trinajstić information content (AvgIpc) is 2.72. The molecule has 0 spiro atoms. The SMILES string of the molecule is O=C(Cc1ccccc1)CC1(O)C(=O)Nc2ccc(Br)cc21. The second kappa shape index (κ2) is 5.66. The third kappa shape index (κ3) is 2.69. The largest absolute Gasteiger partial charge is 0.375 e. The highest BCUT2D eigenvalue weighted by molar-refractivity contribution is 9.10. The summed E-state index contributed by atoms with van der Waals surface area (Å²) < 4.78 is 0.747. The van der Waals surface area contributed by atoms with Gasteiger partial charge in [0.15, 0.2) is 5.60 Å². The molecule has 0 bridgehead atoms. The molecule has 0 saturated heterocycles. The van der Waals surface area contributed by atoms with Gasteiger partial charge in [-0.15, -0.1) is 0 Å². The van der Waals surface area contributed by atoms with Gasteiger partial charge >= 0.3 is 0 Å². The Bertz CT molecular complexity index is 745. The van der Waals surface area contributed by atoms with Crippen LogP contribution < -0.4 is 5.32 Å². The summed E-state index contributed by atoms with van der Waals surface area (Å²) in [6, 6.07) is 14.4. The van der Waals surface area contributed by atoms with E-state index in [2.05, 4.69) is 21.2 Å². The zero-order valence-electron chi connectivity index (χ0n) is 11.7. The Kier molecular flexibility index (Phi) is 3.85. The topological polar surface area (TPSA) is 66.4 Å². The van der Waals surface area contributed by atoms with E-state index in [0.717, 1.165) is 10.0 Å². The second-order valence-electron chi connectivity index (χ2n) is 5.38. The van der Waals surface area contributed by atoms with Crippen LogP contribution in [0.25, 0.3) is 0 Å². The van der Waals surface area contributed by atoms with Crippen molar-refractivity contribution in [3.8, 4) is 0 Å². The molecule has 1 aliphatic rings. The van der Waals surface area contributed by atoms with Gasteiger partial charge in [0, 0.05) is 28.6 Å². The van der Waals surface area contributed by atoms with E-state index in [9.17, 15) is 14.7 Å². The number of nitrogens with one attached hydrogen (secondary N) is 1. The van der Waals surface area contributed by atoms with Gasteiger partial charge in [-0.2, -0.15) is 0 Å². The summed E-state index contributed by atoms with van der Waals surface area (Å²) >= 11 is 3.32. The molecule has 0 aromatic heterocycles. The fraction of sp³-hybridized carbons (Fsp3) is 0.176. The van der Waals surface area contributed by atoms with Crippen molar-refractivity contribution in [1.29, 1.82) is 0 Å². The fourth-order valence-corrected chi connectivity index (χ4v) is 3.02. The molecule has 5 heteroatoms. The monoisotopic (exact) mass is 359 g/mol. The van der Waals surface area contributed by atoms with E-state index in [1.165, 1.54) is 0 Å². The molecule has 4 nitrogen and oxygen atoms in total. The summed E-state index contributed by atoms with van der Waals surface area (Å²) in [6.07, 6.45) is -0.0447. The molecule has 0 aliphatic carbocycles. The molecule has 1 aliphatic heterocycles. The van der Waals surface area contributed by atoms with Crippen LogP contribution in [0.2, 0.25) is 0 Å². The van der Waals surface area contributed by atoms with Crippen LogP contribution in [0, 0.1) is 0 Å². The minimum atomic E-state index is -1.80. The highest BCUT2D eigenvalue weighted by Crippen LogP contribution is 2.40. The second-order valence-corrected chi connectivity index (χ2v) is 6.30. The first-order valence-corrected chi connectivity index (χ1v) is 7.68. The number of anilines is 1. The molecule has 3 rings (SSSR count). The quantitative estimate of drug-likeness (QED) is 0.881. The maximum absolute atomic E-state index is 12.3. The van der Waals surface area contributed by atoms with Crippen LogP contribution in [0.3, 0.4) is 0 Å². The highest BCUT2D eigenvalue weighted by Gasteiger charge is 2.46. The van der Waals surface area contributed by atoms with Gasteiger partial charge in [0.2, 0.25) is 0 Å². The minimum absolute atomic E-state index is 0.184. The maximum Gasteiger partial charge on any atom is 0.261 e. The Balaban J connectivity index is 1.84. The summed E-state index contributed by atoms with van der Waals surface area (Å²) in [6.45, 7) is 0. The molecule has 22 heavy (non-hydrogen) atoms. The summed E-state index contributed by atoms with van der Waals surface area (Å²) in [4.78, 5) is 24.4. The molecule has 0 fully saturated rings. The first kappa shape index (κ1) is 14.9. The van der Waals surface area contributed by atoms with Crippen LogP contribution in [-0.2, 0) is 21.6 Å². The molecule has 2 N–H and O–H groups in total. The van der Waals surface area contributed by atoms with Crippen molar-refractivity contribution in [2.75, 3.05) is 5.32 Å². The van der Waals surface area contributed by atoms with Gasteiger partial charge in [0.05, 0.1) is 0 Å². The number of hydrogen-bond acceptors (Lipinski definition) is 3. The summed E-state index contributed by atoms with van der Waals surface area (Å²) in [5.74, 6) is -0.737. The number of amides is 1. The van der Waals surface area contributed by atoms with Crippen molar-refractivity contribution in [2.45, 2.75) is 18.4 Å². The van der Waals surface area contributed by atoms with Gasteiger partial charge in [-0.25, -0.2) is 0 Å². The predicted octanol–water partition coefficient (Wildman–Crippen LogP) is 2.79. The first-order valence-electron chi connectivity index (χ1n) is 6.88. The van der Waals surface area contributed by atoms with Gasteiger partial charge in [-0.05, 0) is 23.8 Å². The maximum atomic E-state index is 12.3. The van der Waals surface area contributed by atoms with E-state index >= 15 is 0 Å². The van der Waals surface area contributed by atoms with Crippen molar-refractivity contribution in [1.82, 2.24) is 0 Å². The molecule has 2 aromatic carbocycles. The summed E-state index contributed by atoms with van der Waals surface area (Å²) in [5.41, 5.74) is 0.0470. The zero-order valence-corrected chi connectivity index (χ0v) is 13.3. The molecule has 112 valence electrons. The summed E-state index contributed by atoms with van der Waals surface area (Å²) in [7, 11) is 0. The lowest BCUT2D eigenvalue weighted by molar-refractivity contribution is -0.139. The number of aliphatic hydroxyl groups is 1. The molecule has 0 radical (unpaired) electrons. The van der Waals surface area contributed by atoms with Gasteiger partial charge < -0.3 is 10.4 Å².